The second kappa shape index (κ2) is 31.0. The van der Waals surface area contributed by atoms with Crippen molar-refractivity contribution < 1.29 is 4.52 Å². The van der Waals surface area contributed by atoms with Crippen LogP contribution in [0.4, 0.5) is 0 Å². The third kappa shape index (κ3) is 21.5. The zero-order valence-corrected chi connectivity index (χ0v) is 44.5. The minimum Gasteiger partial charge on any atom is -0.361 e. The fourth-order valence-electron chi connectivity index (χ4n) is 6.50. The van der Waals surface area contributed by atoms with Gasteiger partial charge in [-0.25, -0.2) is 4.98 Å². The quantitative estimate of drug-likeness (QED) is 0.154. The summed E-state index contributed by atoms with van der Waals surface area (Å²) in [5, 5.41) is 23.5. The highest BCUT2D eigenvalue weighted by atomic mass is 16.5. The number of hydrogen-bond acceptors (Lipinski definition) is 10. The third-order valence-corrected chi connectivity index (χ3v) is 10.4. The Morgan fingerprint density at radius 3 is 1.76 bits per heavy atom. The molecule has 7 heterocycles. The first-order valence-electron chi connectivity index (χ1n) is 23.6. The van der Waals surface area contributed by atoms with Gasteiger partial charge in [0, 0.05) is 40.8 Å². The van der Waals surface area contributed by atoms with Gasteiger partial charge in [-0.2, -0.15) is 30.4 Å². The van der Waals surface area contributed by atoms with Crippen LogP contribution in [0.2, 0.25) is 0 Å². The molecule has 376 valence electrons. The van der Waals surface area contributed by atoms with Crippen LogP contribution in [0.5, 0.6) is 0 Å². The number of aryl methyl sites for hydroxylation is 9. The summed E-state index contributed by atoms with van der Waals surface area (Å²) in [4.78, 5) is 29.8. The van der Waals surface area contributed by atoms with E-state index in [-0.39, 0.29) is 5.56 Å². The predicted molar refractivity (Wildman–Crippen MR) is 294 cm³/mol. The minimum atomic E-state index is -0.0370. The zero-order chi connectivity index (χ0) is 53.0. The molecule has 7 aromatic heterocycles. The van der Waals surface area contributed by atoms with Crippen LogP contribution in [-0.2, 0) is 0 Å². The molecule has 0 amide bonds. The highest BCUT2D eigenvalue weighted by Gasteiger charge is 2.15. The number of allylic oxidation sites excluding steroid dienone is 6. The molecule has 0 bridgehead atoms. The third-order valence-electron chi connectivity index (χ3n) is 10.4. The van der Waals surface area contributed by atoms with Gasteiger partial charge in [0.2, 0.25) is 5.56 Å². The lowest BCUT2D eigenvalue weighted by Crippen LogP contribution is -2.02. The summed E-state index contributed by atoms with van der Waals surface area (Å²) in [6.45, 7) is 32.0. The normalized spacial score (nSPS) is 11.1. The summed E-state index contributed by atoms with van der Waals surface area (Å²) in [5.41, 5.74) is 18.0. The van der Waals surface area contributed by atoms with Crippen molar-refractivity contribution in [2.75, 3.05) is 0 Å². The lowest BCUT2D eigenvalue weighted by molar-refractivity contribution is 0.393. The number of benzene rings is 2. The smallest absolute Gasteiger partial charge is 0.248 e. The minimum absolute atomic E-state index is 0.0370. The van der Waals surface area contributed by atoms with Crippen LogP contribution in [0.15, 0.2) is 178 Å². The Labute approximate surface area is 425 Å². The van der Waals surface area contributed by atoms with E-state index in [1.807, 2.05) is 166 Å². The SMILES string of the molecule is C/C=C/c1cnc[nH]1.C=C(C)C1=C(C)CC(C)=C1C.Cc1cc(C)on1.Cc1ccc2ccccc2n1.Cc1cccc(=O)[nH]1.Cc1ccccn1.Cc1n[nH]nc1C.Cc1nn(-c2ccccc2)nc1C. The number of imidazole rings is 1. The molecule has 0 saturated heterocycles. The number of aromatic nitrogens is 12. The van der Waals surface area contributed by atoms with Crippen LogP contribution in [0, 0.1) is 62.3 Å². The highest BCUT2D eigenvalue weighted by molar-refractivity contribution is 5.78. The number of nitrogens with one attached hydrogen (secondary N) is 3. The van der Waals surface area contributed by atoms with Gasteiger partial charge in [0.15, 0.2) is 0 Å². The number of fused-ring (bicyclic) bond motifs is 1. The molecule has 0 atom stereocenters. The van der Waals surface area contributed by atoms with Gasteiger partial charge in [0.25, 0.3) is 0 Å². The van der Waals surface area contributed by atoms with Crippen LogP contribution < -0.4 is 5.56 Å². The molecule has 1 aliphatic rings. The molecule has 0 spiro atoms. The number of H-pyrrole nitrogens is 3. The first-order chi connectivity index (χ1) is 34.4. The summed E-state index contributed by atoms with van der Waals surface area (Å²) < 4.78 is 4.71. The Balaban J connectivity index is 0.000000220. The maximum atomic E-state index is 10.4. The molecule has 0 fully saturated rings. The van der Waals surface area contributed by atoms with Crippen LogP contribution >= 0.6 is 0 Å². The van der Waals surface area contributed by atoms with Crippen molar-refractivity contribution in [1.29, 1.82) is 0 Å². The molecule has 0 saturated carbocycles. The fraction of sp³-hybridized carbons (Fsp3) is 0.259. The van der Waals surface area contributed by atoms with Crippen molar-refractivity contribution in [2.45, 2.75) is 103 Å². The zero-order valence-electron chi connectivity index (χ0n) is 44.5. The summed E-state index contributed by atoms with van der Waals surface area (Å²) in [7, 11) is 0. The van der Waals surface area contributed by atoms with Crippen LogP contribution in [-0.4, -0.2) is 60.5 Å². The van der Waals surface area contributed by atoms with Crippen molar-refractivity contribution in [3.8, 4) is 5.69 Å². The van der Waals surface area contributed by atoms with E-state index in [9.17, 15) is 4.79 Å². The second-order valence-corrected chi connectivity index (χ2v) is 16.9. The second-order valence-electron chi connectivity index (χ2n) is 16.9. The topological polar surface area (TPSA) is 186 Å². The predicted octanol–water partition coefficient (Wildman–Crippen LogP) is 13.3. The van der Waals surface area contributed by atoms with Gasteiger partial charge >= 0.3 is 0 Å². The lowest BCUT2D eigenvalue weighted by Gasteiger charge is -2.04. The van der Waals surface area contributed by atoms with Crippen LogP contribution in [0.25, 0.3) is 22.7 Å². The molecule has 14 nitrogen and oxygen atoms in total. The summed E-state index contributed by atoms with van der Waals surface area (Å²) in [6, 6.07) is 35.0. The monoisotopic (exact) mass is 969 g/mol. The molecule has 0 unspecified atom stereocenters. The molecule has 2 aromatic carbocycles. The molecule has 10 rings (SSSR count). The number of pyridine rings is 3. The van der Waals surface area contributed by atoms with Crippen LogP contribution in [0.1, 0.15) is 98.0 Å². The number of rotatable bonds is 3. The van der Waals surface area contributed by atoms with Gasteiger partial charge < -0.3 is 14.5 Å². The average molecular weight is 969 g/mol. The lowest BCUT2D eigenvalue weighted by atomic mass is 10.0. The fourth-order valence-corrected chi connectivity index (χ4v) is 6.50. The van der Waals surface area contributed by atoms with E-state index in [2.05, 4.69) is 102 Å². The van der Waals surface area contributed by atoms with E-state index in [0.717, 1.165) is 74.6 Å². The molecule has 72 heavy (non-hydrogen) atoms. The first kappa shape index (κ1) is 57.9. The number of aromatic amines is 3. The van der Waals surface area contributed by atoms with Crippen molar-refractivity contribution >= 4 is 17.0 Å². The summed E-state index contributed by atoms with van der Waals surface area (Å²) in [5.74, 6) is 0.873. The van der Waals surface area contributed by atoms with E-state index < -0.39 is 0 Å². The van der Waals surface area contributed by atoms with Crippen molar-refractivity contribution in [1.82, 2.24) is 60.5 Å². The first-order valence-corrected chi connectivity index (χ1v) is 23.6. The van der Waals surface area contributed by atoms with E-state index in [4.69, 9.17) is 4.52 Å². The largest absolute Gasteiger partial charge is 0.361 e. The number of para-hydroxylation sites is 2. The summed E-state index contributed by atoms with van der Waals surface area (Å²) in [6.07, 6.45) is 10.3. The highest BCUT2D eigenvalue weighted by Crippen LogP contribution is 2.34. The number of nitrogens with zero attached hydrogens (tertiary/aromatic N) is 9. The molecule has 9 aromatic rings. The van der Waals surface area contributed by atoms with Gasteiger partial charge in [0.05, 0.1) is 57.9 Å². The van der Waals surface area contributed by atoms with Crippen molar-refractivity contribution in [3.63, 3.8) is 0 Å². The Morgan fingerprint density at radius 1 is 0.694 bits per heavy atom. The molecular weight excluding hydrogens is 897 g/mol. The average Bonchev–Trinajstić information content (AvgIpc) is 4.21. The van der Waals surface area contributed by atoms with Crippen molar-refractivity contribution in [2.24, 2.45) is 0 Å². The molecule has 0 radical (unpaired) electrons. The summed E-state index contributed by atoms with van der Waals surface area (Å²) >= 11 is 0. The Hall–Kier alpha value is -8.39. The Morgan fingerprint density at radius 2 is 1.35 bits per heavy atom. The number of hydrogen-bond donors (Lipinski definition) is 3. The Bertz CT molecular complexity index is 3080. The van der Waals surface area contributed by atoms with E-state index in [1.165, 1.54) is 39.3 Å². The molecule has 3 N–H and O–H groups in total. The van der Waals surface area contributed by atoms with Gasteiger partial charge in [-0.1, -0.05) is 89.1 Å². The van der Waals surface area contributed by atoms with E-state index in [1.54, 1.807) is 29.6 Å². The van der Waals surface area contributed by atoms with Gasteiger partial charge in [-0.15, -0.1) is 0 Å². The van der Waals surface area contributed by atoms with Crippen molar-refractivity contribution in [3.05, 3.63) is 236 Å². The molecular formula is C58H72N12O2. The molecule has 0 aliphatic heterocycles. The maximum Gasteiger partial charge on any atom is 0.248 e. The van der Waals surface area contributed by atoms with Gasteiger partial charge in [-0.05, 0) is 163 Å². The van der Waals surface area contributed by atoms with E-state index >= 15 is 0 Å². The van der Waals surface area contributed by atoms with Crippen LogP contribution in [0.3, 0.4) is 0 Å². The van der Waals surface area contributed by atoms with E-state index in [0.29, 0.717) is 0 Å². The molecule has 1 aliphatic carbocycles. The molecule has 14 heteroatoms. The maximum absolute atomic E-state index is 10.4. The Kier molecular flexibility index (Phi) is 24.9. The van der Waals surface area contributed by atoms with Gasteiger partial charge in [0.1, 0.15) is 5.76 Å². The standard InChI is InChI=1S/C11H16.C10H11N3.C10H9N.C6H8N2.C6H7NO.C6H7N.C5H7NO.C4H7N3/c1-7(2)11-9(4)6-8(3)10(11)5;1-8-9(2)12-13(11-8)10-6-4-3-5-7-10;1-8-6-7-9-4-2-3-5-10(9)11-8;1-2-3-6-4-7-5-8-6;1-5-3-2-4-6(8)7-5;1-6-4-2-3-5-7-6;1-4-3-5(2)7-6-4;1-3-4(2)6-7-5-3/h1,6H2,2-5H3;3-7H,1-2H3;2-7H,1H3;2-5H,1H3,(H,7,8);2-4H,1H3,(H,7,8);2-5H,1H3;3H,1-2H3;1-2H3,(H,5,6,7)/b;;;3-2+;;;;. The van der Waals surface area contributed by atoms with Gasteiger partial charge in [-0.3, -0.25) is 14.8 Å².